The van der Waals surface area contributed by atoms with Gasteiger partial charge in [0, 0.05) is 11.4 Å². The zero-order chi connectivity index (χ0) is 25.6. The summed E-state index contributed by atoms with van der Waals surface area (Å²) in [6, 6.07) is 20.5. The highest BCUT2D eigenvalue weighted by Crippen LogP contribution is 2.31. The number of aromatic nitrogens is 5. The van der Waals surface area contributed by atoms with Crippen LogP contribution in [-0.2, 0) is 9.59 Å². The zero-order valence-electron chi connectivity index (χ0n) is 19.0. The van der Waals surface area contributed by atoms with Crippen LogP contribution in [0.5, 0.6) is 0 Å². The first kappa shape index (κ1) is 24.9. The van der Waals surface area contributed by atoms with Crippen LogP contribution >= 0.6 is 34.9 Å². The predicted octanol–water partition coefficient (Wildman–Crippen LogP) is 4.87. The second-order valence-corrected chi connectivity index (χ2v) is 10.7. The van der Waals surface area contributed by atoms with E-state index in [-0.39, 0.29) is 29.1 Å². The van der Waals surface area contributed by atoms with Crippen molar-refractivity contribution in [3.05, 3.63) is 78.6 Å². The number of benzene rings is 3. The number of anilines is 2. The second kappa shape index (κ2) is 11.5. The summed E-state index contributed by atoms with van der Waals surface area (Å²) in [4.78, 5) is 29.3. The Morgan fingerprint density at radius 1 is 0.892 bits per heavy atom. The lowest BCUT2D eigenvalue weighted by molar-refractivity contribution is -0.114. The molecule has 13 heteroatoms. The molecule has 0 radical (unpaired) electrons. The van der Waals surface area contributed by atoms with Crippen LogP contribution in [0.25, 0.3) is 15.9 Å². The average molecular weight is 552 g/mol. The lowest BCUT2D eigenvalue weighted by Crippen LogP contribution is -2.14. The molecule has 5 rings (SSSR count). The number of halogens is 1. The number of carbonyl (C=O) groups is 2. The Hall–Kier alpha value is -3.81. The van der Waals surface area contributed by atoms with Crippen LogP contribution in [0.3, 0.4) is 0 Å². The Bertz CT molecular complexity index is 1540. The number of fused-ring (bicyclic) bond motifs is 1. The highest BCUT2D eigenvalue weighted by molar-refractivity contribution is 8.01. The number of nitrogens with zero attached hydrogens (tertiary/aromatic N) is 5. The standard InChI is InChI=1S/C24H18FN7O2S3/c25-15-6-8-16(9-7-15)26-22(34)14-36-24-28-19-11-10-17(12-20(19)37-24)27-21(33)13-35-23-29-30-31-32(23)18-4-2-1-3-5-18/h1-12H,13-14H2,(H,26,34)(H,27,33). The third-order valence-electron chi connectivity index (χ3n) is 4.88. The van der Waals surface area contributed by atoms with Gasteiger partial charge in [-0.2, -0.15) is 4.68 Å². The van der Waals surface area contributed by atoms with E-state index in [1.807, 2.05) is 42.5 Å². The van der Waals surface area contributed by atoms with Gasteiger partial charge in [0.15, 0.2) is 4.34 Å². The number of para-hydroxylation sites is 1. The molecule has 0 spiro atoms. The molecule has 37 heavy (non-hydrogen) atoms. The number of hydrogen-bond acceptors (Lipinski definition) is 9. The first-order chi connectivity index (χ1) is 18.0. The second-order valence-electron chi connectivity index (χ2n) is 7.55. The van der Waals surface area contributed by atoms with E-state index >= 15 is 0 Å². The molecule has 0 aliphatic carbocycles. The maximum Gasteiger partial charge on any atom is 0.234 e. The Kier molecular flexibility index (Phi) is 7.73. The van der Waals surface area contributed by atoms with Gasteiger partial charge in [-0.15, -0.1) is 16.4 Å². The SMILES string of the molecule is O=C(CSc1nc2ccc(NC(=O)CSc3nnnn3-c3ccccc3)cc2s1)Nc1ccc(F)cc1. The van der Waals surface area contributed by atoms with E-state index < -0.39 is 0 Å². The lowest BCUT2D eigenvalue weighted by Gasteiger charge is -2.06. The van der Waals surface area contributed by atoms with Crippen LogP contribution < -0.4 is 10.6 Å². The Labute approximate surface area is 222 Å². The quantitative estimate of drug-likeness (QED) is 0.249. The van der Waals surface area contributed by atoms with Crippen molar-refractivity contribution in [1.82, 2.24) is 25.2 Å². The predicted molar refractivity (Wildman–Crippen MR) is 144 cm³/mol. The van der Waals surface area contributed by atoms with E-state index in [4.69, 9.17) is 0 Å². The van der Waals surface area contributed by atoms with Gasteiger partial charge in [0.2, 0.25) is 17.0 Å². The molecule has 3 aromatic carbocycles. The van der Waals surface area contributed by atoms with Crippen molar-refractivity contribution in [2.45, 2.75) is 9.50 Å². The van der Waals surface area contributed by atoms with Crippen molar-refractivity contribution in [1.29, 1.82) is 0 Å². The number of carbonyl (C=O) groups excluding carboxylic acids is 2. The summed E-state index contributed by atoms with van der Waals surface area (Å²) in [5.74, 6) is -0.456. The summed E-state index contributed by atoms with van der Waals surface area (Å²) >= 11 is 3.99. The van der Waals surface area contributed by atoms with Crippen LogP contribution in [0.2, 0.25) is 0 Å². The summed E-state index contributed by atoms with van der Waals surface area (Å²) in [5.41, 5.74) is 2.77. The molecule has 0 aliphatic rings. The van der Waals surface area contributed by atoms with Gasteiger partial charge in [0.25, 0.3) is 0 Å². The Morgan fingerprint density at radius 2 is 1.59 bits per heavy atom. The molecule has 0 bridgehead atoms. The Morgan fingerprint density at radius 3 is 2.38 bits per heavy atom. The number of nitrogens with one attached hydrogen (secondary N) is 2. The van der Waals surface area contributed by atoms with Crippen LogP contribution in [0.4, 0.5) is 15.8 Å². The first-order valence-corrected chi connectivity index (χ1v) is 13.7. The topological polar surface area (TPSA) is 115 Å². The van der Waals surface area contributed by atoms with E-state index in [0.29, 0.717) is 16.5 Å². The van der Waals surface area contributed by atoms with E-state index in [2.05, 4.69) is 31.1 Å². The molecule has 0 unspecified atom stereocenters. The number of tetrazole rings is 1. The van der Waals surface area contributed by atoms with Gasteiger partial charge in [0.1, 0.15) is 5.82 Å². The zero-order valence-corrected chi connectivity index (χ0v) is 21.4. The molecule has 5 aromatic rings. The van der Waals surface area contributed by atoms with Gasteiger partial charge in [-0.1, -0.05) is 41.7 Å². The molecule has 0 saturated heterocycles. The van der Waals surface area contributed by atoms with Crippen LogP contribution in [-0.4, -0.2) is 48.5 Å². The molecule has 2 N–H and O–H groups in total. The summed E-state index contributed by atoms with van der Waals surface area (Å²) in [7, 11) is 0. The first-order valence-electron chi connectivity index (χ1n) is 10.9. The van der Waals surface area contributed by atoms with Gasteiger partial charge in [-0.3, -0.25) is 9.59 Å². The van der Waals surface area contributed by atoms with Crippen LogP contribution in [0, 0.1) is 5.82 Å². The fourth-order valence-electron chi connectivity index (χ4n) is 3.23. The molecular weight excluding hydrogens is 534 g/mol. The van der Waals surface area contributed by atoms with Crippen molar-refractivity contribution >= 4 is 68.3 Å². The van der Waals surface area contributed by atoms with Crippen LogP contribution in [0.15, 0.2) is 82.3 Å². The summed E-state index contributed by atoms with van der Waals surface area (Å²) in [5, 5.41) is 17.8. The highest BCUT2D eigenvalue weighted by Gasteiger charge is 2.13. The minimum atomic E-state index is -0.360. The minimum Gasteiger partial charge on any atom is -0.325 e. The van der Waals surface area contributed by atoms with Crippen molar-refractivity contribution in [2.24, 2.45) is 0 Å². The normalized spacial score (nSPS) is 10.9. The molecule has 2 heterocycles. The molecule has 2 aromatic heterocycles. The molecule has 2 amide bonds. The molecule has 0 saturated carbocycles. The van der Waals surface area contributed by atoms with Gasteiger partial charge >= 0.3 is 0 Å². The number of rotatable bonds is 9. The van der Waals surface area contributed by atoms with Crippen molar-refractivity contribution in [3.63, 3.8) is 0 Å². The maximum absolute atomic E-state index is 13.0. The average Bonchev–Trinajstić information content (AvgIpc) is 3.54. The van der Waals surface area contributed by atoms with E-state index in [1.54, 1.807) is 10.7 Å². The number of thioether (sulfide) groups is 2. The van der Waals surface area contributed by atoms with E-state index in [1.165, 1.54) is 59.1 Å². The highest BCUT2D eigenvalue weighted by atomic mass is 32.2. The number of thiazole rings is 1. The minimum absolute atomic E-state index is 0.137. The van der Waals surface area contributed by atoms with Crippen molar-refractivity contribution in [3.8, 4) is 5.69 Å². The molecule has 9 nitrogen and oxygen atoms in total. The largest absolute Gasteiger partial charge is 0.325 e. The fourth-order valence-corrected chi connectivity index (χ4v) is 5.83. The molecular formula is C24H18FN7O2S3. The lowest BCUT2D eigenvalue weighted by atomic mass is 10.3. The third-order valence-corrected chi connectivity index (χ3v) is 7.96. The van der Waals surface area contributed by atoms with E-state index in [9.17, 15) is 14.0 Å². The number of hydrogen-bond donors (Lipinski definition) is 2. The fraction of sp³-hybridized carbons (Fsp3) is 0.0833. The summed E-state index contributed by atoms with van der Waals surface area (Å²) < 4.78 is 16.2. The molecule has 0 aliphatic heterocycles. The molecule has 0 atom stereocenters. The summed E-state index contributed by atoms with van der Waals surface area (Å²) in [6.45, 7) is 0. The molecule has 0 fully saturated rings. The van der Waals surface area contributed by atoms with Gasteiger partial charge < -0.3 is 10.6 Å². The Balaban J connectivity index is 1.15. The van der Waals surface area contributed by atoms with Crippen molar-refractivity contribution < 1.29 is 14.0 Å². The van der Waals surface area contributed by atoms with Crippen molar-refractivity contribution in [2.75, 3.05) is 22.1 Å². The van der Waals surface area contributed by atoms with Gasteiger partial charge in [-0.05, 0) is 65.0 Å². The van der Waals surface area contributed by atoms with Gasteiger partial charge in [-0.25, -0.2) is 9.37 Å². The summed E-state index contributed by atoms with van der Waals surface area (Å²) in [6.07, 6.45) is 0. The number of amides is 2. The maximum atomic E-state index is 13.0. The third kappa shape index (κ3) is 6.50. The smallest absolute Gasteiger partial charge is 0.234 e. The van der Waals surface area contributed by atoms with Crippen LogP contribution in [0.1, 0.15) is 0 Å². The van der Waals surface area contributed by atoms with E-state index in [0.717, 1.165) is 20.2 Å². The van der Waals surface area contributed by atoms with Gasteiger partial charge in [0.05, 0.1) is 27.4 Å². The monoisotopic (exact) mass is 551 g/mol. The molecule has 186 valence electrons.